The maximum atomic E-state index is 9.17. The molecule has 1 aromatic heterocycles. The summed E-state index contributed by atoms with van der Waals surface area (Å²) in [5, 5.41) is 9.17. The van der Waals surface area contributed by atoms with E-state index >= 15 is 0 Å². The Balaban J connectivity index is 1.88. The molecule has 1 fully saturated rings. The summed E-state index contributed by atoms with van der Waals surface area (Å²) in [4.78, 5) is 4.27. The van der Waals surface area contributed by atoms with E-state index < -0.39 is 0 Å². The minimum Gasteiger partial charge on any atom is -0.359 e. The van der Waals surface area contributed by atoms with Crippen LogP contribution >= 0.6 is 0 Å². The van der Waals surface area contributed by atoms with Crippen molar-refractivity contribution >= 4 is 0 Å². The summed E-state index contributed by atoms with van der Waals surface area (Å²) in [5.74, 6) is -0.0179. The maximum absolute atomic E-state index is 9.17. The number of nitriles is 1. The zero-order chi connectivity index (χ0) is 12.9. The fourth-order valence-electron chi connectivity index (χ4n) is 3.54. The molecule has 0 aromatic carbocycles. The second-order valence-electron chi connectivity index (χ2n) is 5.47. The van der Waals surface area contributed by atoms with E-state index in [-0.39, 0.29) is 11.5 Å². The molecule has 4 rings (SSSR count). The van der Waals surface area contributed by atoms with Gasteiger partial charge in [0.2, 0.25) is 0 Å². The number of fused-ring (bicyclic) bond motifs is 4. The highest BCUT2D eigenvalue weighted by atomic mass is 16.5. The smallest absolute Gasteiger partial charge is 0.135 e. The van der Waals surface area contributed by atoms with Gasteiger partial charge in [0.1, 0.15) is 5.60 Å². The average molecular weight is 253 g/mol. The van der Waals surface area contributed by atoms with E-state index in [1.165, 1.54) is 11.1 Å². The zero-order valence-electron chi connectivity index (χ0n) is 10.7. The predicted molar refractivity (Wildman–Crippen MR) is 69.0 cm³/mol. The first-order chi connectivity index (χ1) is 9.33. The third kappa shape index (κ3) is 1.39. The minimum absolute atomic E-state index is 0.0179. The van der Waals surface area contributed by atoms with Crippen LogP contribution in [0.25, 0.3) is 0 Å². The Morgan fingerprint density at radius 1 is 1.53 bits per heavy atom. The number of hydrogen-bond acceptors (Lipinski definition) is 3. The van der Waals surface area contributed by atoms with Gasteiger partial charge in [-0.1, -0.05) is 12.2 Å². The summed E-state index contributed by atoms with van der Waals surface area (Å²) >= 11 is 0. The predicted octanol–water partition coefficient (Wildman–Crippen LogP) is 2.30. The van der Waals surface area contributed by atoms with Crippen molar-refractivity contribution in [2.75, 3.05) is 6.61 Å². The van der Waals surface area contributed by atoms with Crippen molar-refractivity contribution in [3.05, 3.63) is 41.5 Å². The molecule has 0 bridgehead atoms. The lowest BCUT2D eigenvalue weighted by molar-refractivity contribution is -0.00137. The van der Waals surface area contributed by atoms with Crippen molar-refractivity contribution in [2.24, 2.45) is 5.92 Å². The lowest BCUT2D eigenvalue weighted by Crippen LogP contribution is -2.34. The first kappa shape index (κ1) is 11.0. The molecule has 2 atom stereocenters. The highest BCUT2D eigenvalue weighted by Crippen LogP contribution is 2.50. The van der Waals surface area contributed by atoms with Gasteiger partial charge in [0.05, 0.1) is 36.8 Å². The first-order valence-corrected chi connectivity index (χ1v) is 6.79. The number of allylic oxidation sites excluding steroid dienone is 2. The number of aromatic nitrogens is 2. The summed E-state index contributed by atoms with van der Waals surface area (Å²) in [6, 6.07) is 2.36. The molecular formula is C15H15N3O. The molecule has 0 saturated carbocycles. The molecule has 4 heteroatoms. The van der Waals surface area contributed by atoms with Crippen LogP contribution in [0, 0.1) is 17.2 Å². The van der Waals surface area contributed by atoms with E-state index in [1.54, 1.807) is 0 Å². The number of aryl methyl sites for hydroxylation is 1. The Morgan fingerprint density at radius 2 is 2.47 bits per heavy atom. The van der Waals surface area contributed by atoms with Crippen molar-refractivity contribution in [2.45, 2.75) is 31.4 Å². The van der Waals surface area contributed by atoms with Crippen LogP contribution in [0.2, 0.25) is 0 Å². The highest BCUT2D eigenvalue weighted by Gasteiger charge is 2.48. The van der Waals surface area contributed by atoms with Crippen LogP contribution in [-0.2, 0) is 16.9 Å². The van der Waals surface area contributed by atoms with E-state index in [2.05, 4.69) is 27.8 Å². The van der Waals surface area contributed by atoms with Gasteiger partial charge in [0.15, 0.2) is 0 Å². The van der Waals surface area contributed by atoms with Crippen molar-refractivity contribution < 1.29 is 4.74 Å². The zero-order valence-corrected chi connectivity index (χ0v) is 10.7. The van der Waals surface area contributed by atoms with Gasteiger partial charge < -0.3 is 9.30 Å². The normalized spacial score (nSPS) is 32.3. The van der Waals surface area contributed by atoms with Crippen LogP contribution in [0.3, 0.4) is 0 Å². The fraction of sp³-hybridized carbons (Fsp3) is 0.467. The molecule has 0 amide bonds. The molecule has 4 nitrogen and oxygen atoms in total. The molecule has 2 unspecified atom stereocenters. The second-order valence-corrected chi connectivity index (χ2v) is 5.47. The van der Waals surface area contributed by atoms with Gasteiger partial charge in [-0.3, -0.25) is 0 Å². The summed E-state index contributed by atoms with van der Waals surface area (Å²) in [6.45, 7) is 1.67. The Bertz CT molecular complexity index is 634. The standard InChI is InChI=1S/C15H15N3O/c16-7-11-2-3-12-9-19-15(13(12)6-11)4-1-5-18-10-17-8-14(15)18/h3,6,8,10-11H,1-2,4-5,9H2. The summed E-state index contributed by atoms with van der Waals surface area (Å²) in [6.07, 6.45) is 11.0. The molecule has 1 spiro atoms. The van der Waals surface area contributed by atoms with E-state index in [1.807, 2.05) is 12.5 Å². The van der Waals surface area contributed by atoms with Crippen molar-refractivity contribution in [1.29, 1.82) is 5.26 Å². The van der Waals surface area contributed by atoms with E-state index in [4.69, 9.17) is 4.74 Å². The summed E-state index contributed by atoms with van der Waals surface area (Å²) < 4.78 is 8.38. The largest absolute Gasteiger partial charge is 0.359 e. The highest BCUT2D eigenvalue weighted by molar-refractivity contribution is 5.49. The van der Waals surface area contributed by atoms with E-state index in [0.29, 0.717) is 6.61 Å². The van der Waals surface area contributed by atoms with Crippen molar-refractivity contribution in [1.82, 2.24) is 9.55 Å². The molecular weight excluding hydrogens is 238 g/mol. The number of rotatable bonds is 0. The number of nitrogens with zero attached hydrogens (tertiary/aromatic N) is 3. The van der Waals surface area contributed by atoms with Crippen molar-refractivity contribution in [3.63, 3.8) is 0 Å². The van der Waals surface area contributed by atoms with E-state index in [9.17, 15) is 5.26 Å². The third-order valence-electron chi connectivity index (χ3n) is 4.46. The van der Waals surface area contributed by atoms with Gasteiger partial charge >= 0.3 is 0 Å². The Hall–Kier alpha value is -1.86. The van der Waals surface area contributed by atoms with Crippen LogP contribution in [0.1, 0.15) is 25.0 Å². The van der Waals surface area contributed by atoms with Crippen molar-refractivity contribution in [3.8, 4) is 6.07 Å². The van der Waals surface area contributed by atoms with Gasteiger partial charge in [0, 0.05) is 6.54 Å². The topological polar surface area (TPSA) is 50.8 Å². The molecule has 2 aliphatic heterocycles. The lowest BCUT2D eigenvalue weighted by Gasteiger charge is -2.35. The van der Waals surface area contributed by atoms with Gasteiger partial charge in [0.25, 0.3) is 0 Å². The maximum Gasteiger partial charge on any atom is 0.135 e. The second kappa shape index (κ2) is 3.82. The first-order valence-electron chi connectivity index (χ1n) is 6.79. The van der Waals surface area contributed by atoms with Gasteiger partial charge in [-0.15, -0.1) is 0 Å². The van der Waals surface area contributed by atoms with Crippen LogP contribution in [0.4, 0.5) is 0 Å². The lowest BCUT2D eigenvalue weighted by atomic mass is 9.78. The van der Waals surface area contributed by atoms with Gasteiger partial charge in [-0.05, 0) is 30.4 Å². The Kier molecular flexibility index (Phi) is 2.21. The molecule has 1 aliphatic carbocycles. The molecule has 3 aliphatic rings. The SMILES string of the molecule is N#CC1C=C2C(=CC1)COC21CCCn2cncc21. The van der Waals surface area contributed by atoms with Crippen LogP contribution < -0.4 is 0 Å². The van der Waals surface area contributed by atoms with Gasteiger partial charge in [-0.25, -0.2) is 4.98 Å². The molecule has 0 radical (unpaired) electrons. The number of ether oxygens (including phenoxy) is 1. The quantitative estimate of drug-likeness (QED) is 0.713. The number of imidazole rings is 1. The minimum atomic E-state index is -0.351. The summed E-state index contributed by atoms with van der Waals surface area (Å²) in [7, 11) is 0. The molecule has 1 saturated heterocycles. The van der Waals surface area contributed by atoms with Crippen LogP contribution in [-0.4, -0.2) is 16.2 Å². The Morgan fingerprint density at radius 3 is 3.37 bits per heavy atom. The summed E-state index contributed by atoms with van der Waals surface area (Å²) in [5.41, 5.74) is 3.27. The van der Waals surface area contributed by atoms with Crippen LogP contribution in [0.15, 0.2) is 35.8 Å². The average Bonchev–Trinajstić information content (AvgIpc) is 3.06. The van der Waals surface area contributed by atoms with Gasteiger partial charge in [-0.2, -0.15) is 5.26 Å². The molecule has 19 heavy (non-hydrogen) atoms. The third-order valence-corrected chi connectivity index (χ3v) is 4.46. The molecule has 96 valence electrons. The monoisotopic (exact) mass is 253 g/mol. The van der Waals surface area contributed by atoms with E-state index in [0.717, 1.165) is 31.5 Å². The molecule has 0 N–H and O–H groups in total. The fourth-order valence-corrected chi connectivity index (χ4v) is 3.54. The molecule has 3 heterocycles. The van der Waals surface area contributed by atoms with Crippen LogP contribution in [0.5, 0.6) is 0 Å². The Labute approximate surface area is 112 Å². The molecule has 1 aromatic rings. The number of hydrogen-bond donors (Lipinski definition) is 0.